The fraction of sp³-hybridized carbons (Fsp3) is 0. The van der Waals surface area contributed by atoms with E-state index < -0.39 is 10.0 Å². The molecule has 0 amide bonds. The summed E-state index contributed by atoms with van der Waals surface area (Å²) in [4.78, 5) is 0.148. The quantitative estimate of drug-likeness (QED) is 0.716. The minimum atomic E-state index is -3.50. The van der Waals surface area contributed by atoms with Gasteiger partial charge in [-0.2, -0.15) is 0 Å². The summed E-state index contributed by atoms with van der Waals surface area (Å²) in [5.41, 5.74) is 0. The van der Waals surface area contributed by atoms with Gasteiger partial charge >= 0.3 is 0 Å². The van der Waals surface area contributed by atoms with E-state index in [1.165, 1.54) is 12.1 Å². The van der Waals surface area contributed by atoms with Crippen LogP contribution in [0.15, 0.2) is 35.2 Å². The van der Waals surface area contributed by atoms with Crippen molar-refractivity contribution in [3.05, 3.63) is 30.3 Å². The highest BCUT2D eigenvalue weighted by Crippen LogP contribution is 2.02. The number of hydrogen-bond donors (Lipinski definition) is 1. The van der Waals surface area contributed by atoms with E-state index >= 15 is 0 Å². The van der Waals surface area contributed by atoms with Gasteiger partial charge in [-0.25, -0.2) is 13.6 Å². The number of primary sulfonamides is 1. The molecule has 1 aromatic carbocycles. The van der Waals surface area contributed by atoms with Gasteiger partial charge in [0.1, 0.15) is 0 Å². The summed E-state index contributed by atoms with van der Waals surface area (Å²) >= 11 is 0. The molecule has 0 saturated heterocycles. The largest absolute Gasteiger partial charge is 0.238 e. The maximum atomic E-state index is 10.6. The molecule has 0 heterocycles. The van der Waals surface area contributed by atoms with Gasteiger partial charge in [0.15, 0.2) is 0 Å². The monoisotopic (exact) mass is 193 g/mol. The van der Waals surface area contributed by atoms with E-state index in [1.54, 1.807) is 18.2 Å². The molecule has 0 radical (unpaired) electrons. The second kappa shape index (κ2) is 3.71. The summed E-state index contributed by atoms with van der Waals surface area (Å²) in [6.07, 6.45) is 0. The summed E-state index contributed by atoms with van der Waals surface area (Å²) in [6.45, 7) is 0. The zero-order chi connectivity index (χ0) is 7.61. The molecule has 0 atom stereocenters. The number of sulfonamides is 1. The van der Waals surface area contributed by atoms with Crippen molar-refractivity contribution in [3.8, 4) is 0 Å². The van der Waals surface area contributed by atoms with E-state index in [2.05, 4.69) is 0 Å². The van der Waals surface area contributed by atoms with Gasteiger partial charge in [0.25, 0.3) is 0 Å². The summed E-state index contributed by atoms with van der Waals surface area (Å²) in [6, 6.07) is 7.89. The van der Waals surface area contributed by atoms with Gasteiger partial charge in [0.2, 0.25) is 10.0 Å². The highest BCUT2D eigenvalue weighted by molar-refractivity contribution is 7.89. The molecule has 0 saturated carbocycles. The van der Waals surface area contributed by atoms with Crippen molar-refractivity contribution in [2.75, 3.05) is 0 Å². The Kier molecular flexibility index (Phi) is 3.51. The summed E-state index contributed by atoms with van der Waals surface area (Å²) in [5, 5.41) is 4.83. The zero-order valence-electron chi connectivity index (χ0n) is 5.60. The molecule has 11 heavy (non-hydrogen) atoms. The van der Waals surface area contributed by atoms with E-state index in [0.717, 1.165) is 0 Å². The lowest BCUT2D eigenvalue weighted by atomic mass is 10.4. The van der Waals surface area contributed by atoms with Crippen LogP contribution in [0.1, 0.15) is 0 Å². The first-order valence-corrected chi connectivity index (χ1v) is 4.23. The zero-order valence-corrected chi connectivity index (χ0v) is 7.23. The number of rotatable bonds is 1. The van der Waals surface area contributed by atoms with E-state index in [-0.39, 0.29) is 17.3 Å². The van der Waals surface area contributed by atoms with Crippen LogP contribution in [0, 0.1) is 0 Å². The van der Waals surface area contributed by atoms with E-state index in [0.29, 0.717) is 0 Å². The Bertz CT molecular complexity index is 309. The molecule has 2 N–H and O–H groups in total. The van der Waals surface area contributed by atoms with E-state index in [4.69, 9.17) is 5.14 Å². The van der Waals surface area contributed by atoms with Crippen LogP contribution in [0.5, 0.6) is 0 Å². The molecule has 0 aliphatic heterocycles. The normalized spacial score (nSPS) is 10.3. The maximum Gasteiger partial charge on any atom is 0.238 e. The minimum absolute atomic E-state index is 0. The smallest absolute Gasteiger partial charge is 0.225 e. The average molecular weight is 194 g/mol. The fourth-order valence-corrected chi connectivity index (χ4v) is 1.15. The van der Waals surface area contributed by atoms with Gasteiger partial charge < -0.3 is 0 Å². The van der Waals surface area contributed by atoms with Crippen molar-refractivity contribution in [2.24, 2.45) is 5.14 Å². The first-order valence-electron chi connectivity index (χ1n) is 2.68. The van der Waals surface area contributed by atoms with Gasteiger partial charge in [0.05, 0.1) is 4.90 Å². The lowest BCUT2D eigenvalue weighted by molar-refractivity contribution is 0.598. The molecule has 0 bridgehead atoms. The molecule has 3 nitrogen and oxygen atoms in total. The third kappa shape index (κ3) is 2.88. The topological polar surface area (TPSA) is 60.2 Å². The third-order valence-corrected chi connectivity index (χ3v) is 2.00. The maximum absolute atomic E-state index is 10.6. The van der Waals surface area contributed by atoms with Crippen LogP contribution in [-0.4, -0.2) is 8.42 Å². The molecule has 0 fully saturated rings. The highest BCUT2D eigenvalue weighted by atomic mass is 35.5. The summed E-state index contributed by atoms with van der Waals surface area (Å²) in [5.74, 6) is 0. The van der Waals surface area contributed by atoms with Gasteiger partial charge in [-0.05, 0) is 12.1 Å². The second-order valence-electron chi connectivity index (χ2n) is 1.86. The van der Waals surface area contributed by atoms with Crippen LogP contribution in [0.3, 0.4) is 0 Å². The standard InChI is InChI=1S/C6H7NO2S.ClH/c7-10(8,9)6-4-2-1-3-5-6;/h1-5H,(H2,7,8,9);1H. The van der Waals surface area contributed by atoms with Crippen molar-refractivity contribution in [1.82, 2.24) is 0 Å². The molecule has 5 heteroatoms. The van der Waals surface area contributed by atoms with Gasteiger partial charge in [-0.1, -0.05) is 18.2 Å². The Labute approximate surface area is 71.7 Å². The number of nitrogens with two attached hydrogens (primary N) is 1. The summed E-state index contributed by atoms with van der Waals surface area (Å²) < 4.78 is 21.2. The summed E-state index contributed by atoms with van der Waals surface area (Å²) in [7, 11) is -3.50. The Morgan fingerprint density at radius 1 is 1.09 bits per heavy atom. The molecule has 0 unspecified atom stereocenters. The lowest BCUT2D eigenvalue weighted by Crippen LogP contribution is -2.11. The van der Waals surface area contributed by atoms with Crippen LogP contribution in [0.25, 0.3) is 0 Å². The Hall–Kier alpha value is -0.580. The highest BCUT2D eigenvalue weighted by Gasteiger charge is 2.03. The van der Waals surface area contributed by atoms with Crippen molar-refractivity contribution < 1.29 is 8.42 Å². The third-order valence-electron chi connectivity index (χ3n) is 1.07. The number of hydrogen-bond acceptors (Lipinski definition) is 2. The Balaban J connectivity index is 0.000001000. The SMILES string of the molecule is Cl.NS(=O)(=O)c1ccccc1. The molecule has 0 aliphatic carbocycles. The Morgan fingerprint density at radius 3 is 1.82 bits per heavy atom. The van der Waals surface area contributed by atoms with Gasteiger partial charge in [-0.3, -0.25) is 0 Å². The molecule has 62 valence electrons. The number of benzene rings is 1. The predicted molar refractivity (Wildman–Crippen MR) is 45.1 cm³/mol. The molecule has 0 spiro atoms. The van der Waals surface area contributed by atoms with Crippen molar-refractivity contribution in [3.63, 3.8) is 0 Å². The molecule has 0 aliphatic rings. The minimum Gasteiger partial charge on any atom is -0.225 e. The second-order valence-corrected chi connectivity index (χ2v) is 3.42. The first-order chi connectivity index (χ1) is 4.61. The van der Waals surface area contributed by atoms with Crippen LogP contribution in [0.2, 0.25) is 0 Å². The molecule has 1 aromatic rings. The molecule has 0 aromatic heterocycles. The predicted octanol–water partition coefficient (Wildman–Crippen LogP) is 0.756. The van der Waals surface area contributed by atoms with Crippen LogP contribution < -0.4 is 5.14 Å². The van der Waals surface area contributed by atoms with Gasteiger partial charge in [0, 0.05) is 0 Å². The van der Waals surface area contributed by atoms with Crippen LogP contribution in [0.4, 0.5) is 0 Å². The number of halogens is 1. The van der Waals surface area contributed by atoms with E-state index in [1.807, 2.05) is 0 Å². The van der Waals surface area contributed by atoms with Crippen molar-refractivity contribution >= 4 is 22.4 Å². The molecule has 1 rings (SSSR count). The fourth-order valence-electron chi connectivity index (χ4n) is 0.610. The van der Waals surface area contributed by atoms with Crippen LogP contribution >= 0.6 is 12.4 Å². The Morgan fingerprint density at radius 2 is 1.55 bits per heavy atom. The lowest BCUT2D eigenvalue weighted by Gasteiger charge is -1.93. The average Bonchev–Trinajstić information content (AvgIpc) is 1.88. The first kappa shape index (κ1) is 10.4. The molecular weight excluding hydrogens is 186 g/mol. The van der Waals surface area contributed by atoms with Crippen molar-refractivity contribution in [1.29, 1.82) is 0 Å². The van der Waals surface area contributed by atoms with Crippen LogP contribution in [-0.2, 0) is 10.0 Å². The van der Waals surface area contributed by atoms with Gasteiger partial charge in [-0.15, -0.1) is 12.4 Å². The van der Waals surface area contributed by atoms with Crippen molar-refractivity contribution in [2.45, 2.75) is 4.90 Å². The van der Waals surface area contributed by atoms with E-state index in [9.17, 15) is 8.42 Å². The molecular formula is C6H8ClNO2S.